The van der Waals surface area contributed by atoms with E-state index in [0.29, 0.717) is 24.1 Å². The van der Waals surface area contributed by atoms with E-state index in [1.54, 1.807) is 12.4 Å². The van der Waals surface area contributed by atoms with Crippen molar-refractivity contribution >= 4 is 23.3 Å². The number of dihydropyridines is 1. The zero-order chi connectivity index (χ0) is 19.2. The molecule has 6 nitrogen and oxygen atoms in total. The smallest absolute Gasteiger partial charge is 0.229 e. The van der Waals surface area contributed by atoms with Crippen molar-refractivity contribution in [2.75, 3.05) is 6.54 Å². The van der Waals surface area contributed by atoms with Gasteiger partial charge in [0.05, 0.1) is 17.7 Å². The Labute approximate surface area is 158 Å². The van der Waals surface area contributed by atoms with Crippen molar-refractivity contribution < 1.29 is 4.79 Å². The van der Waals surface area contributed by atoms with Gasteiger partial charge >= 0.3 is 0 Å². The molecule has 0 aromatic carbocycles. The number of carbonyl (C=O) groups is 1. The SMILES string of the molecule is C=C(C)C1CC1C(=O)NC1=NCC2(C)C(=C1)C=C(c1cccnc1)N=C2N. The van der Waals surface area contributed by atoms with Crippen LogP contribution >= 0.6 is 0 Å². The molecule has 1 aromatic rings. The van der Waals surface area contributed by atoms with Crippen LogP contribution in [-0.4, -0.2) is 29.1 Å². The minimum atomic E-state index is -0.459. The van der Waals surface area contributed by atoms with Crippen LogP contribution in [0.5, 0.6) is 0 Å². The largest absolute Gasteiger partial charge is 0.386 e. The standard InChI is InChI=1S/C21H23N5O/c1-12(2)15-9-16(15)19(27)26-18-8-14-7-17(13-5-4-6-23-10-13)25-20(22)21(14,3)11-24-18/h4-8,10,15-16H,1,9,11H2,2-3H3,(H2,22,25)(H,24,26,27). The number of carbonyl (C=O) groups excluding carboxylic acids is 1. The van der Waals surface area contributed by atoms with Gasteiger partial charge < -0.3 is 11.1 Å². The van der Waals surface area contributed by atoms with Crippen LogP contribution in [0.1, 0.15) is 25.8 Å². The van der Waals surface area contributed by atoms with Crippen LogP contribution in [0.15, 0.2) is 64.4 Å². The van der Waals surface area contributed by atoms with Gasteiger partial charge in [-0.1, -0.05) is 12.2 Å². The summed E-state index contributed by atoms with van der Waals surface area (Å²) in [6.45, 7) is 8.39. The van der Waals surface area contributed by atoms with Gasteiger partial charge in [0, 0.05) is 23.9 Å². The van der Waals surface area contributed by atoms with Crippen molar-refractivity contribution in [3.63, 3.8) is 0 Å². The second-order valence-electron chi connectivity index (χ2n) is 7.69. The number of allylic oxidation sites excluding steroid dienone is 2. The van der Waals surface area contributed by atoms with Gasteiger partial charge in [0.15, 0.2) is 0 Å². The molecule has 1 aliphatic carbocycles. The molecule has 138 valence electrons. The van der Waals surface area contributed by atoms with Gasteiger partial charge in [-0.05, 0) is 56.0 Å². The number of nitrogens with two attached hydrogens (primary N) is 1. The average Bonchev–Trinajstić information content (AvgIpc) is 3.45. The van der Waals surface area contributed by atoms with E-state index >= 15 is 0 Å². The molecule has 27 heavy (non-hydrogen) atoms. The van der Waals surface area contributed by atoms with E-state index in [1.807, 2.05) is 38.1 Å². The Balaban J connectivity index is 1.58. The first-order chi connectivity index (χ1) is 12.9. The van der Waals surface area contributed by atoms with Gasteiger partial charge in [0.1, 0.15) is 11.7 Å². The molecule has 2 aliphatic heterocycles. The first-order valence-electron chi connectivity index (χ1n) is 9.08. The Bertz CT molecular complexity index is 941. The molecule has 0 bridgehead atoms. The molecular weight excluding hydrogens is 338 g/mol. The summed E-state index contributed by atoms with van der Waals surface area (Å²) < 4.78 is 0. The van der Waals surface area contributed by atoms with Crippen LogP contribution in [-0.2, 0) is 4.79 Å². The van der Waals surface area contributed by atoms with E-state index in [9.17, 15) is 4.79 Å². The second-order valence-corrected chi connectivity index (χ2v) is 7.69. The summed E-state index contributed by atoms with van der Waals surface area (Å²) in [6, 6.07) is 3.81. The molecule has 3 atom stereocenters. The predicted molar refractivity (Wildman–Crippen MR) is 107 cm³/mol. The molecule has 3 aliphatic rings. The molecule has 3 N–H and O–H groups in total. The van der Waals surface area contributed by atoms with E-state index < -0.39 is 5.41 Å². The fraction of sp³-hybridized carbons (Fsp3) is 0.333. The van der Waals surface area contributed by atoms with Crippen molar-refractivity contribution in [2.45, 2.75) is 20.3 Å². The van der Waals surface area contributed by atoms with Crippen molar-refractivity contribution in [1.82, 2.24) is 10.3 Å². The molecule has 3 heterocycles. The van der Waals surface area contributed by atoms with Crippen molar-refractivity contribution in [2.24, 2.45) is 33.0 Å². The molecule has 1 amide bonds. The monoisotopic (exact) mass is 361 g/mol. The molecule has 1 aromatic heterocycles. The molecule has 3 unspecified atom stereocenters. The lowest BCUT2D eigenvalue weighted by Gasteiger charge is -2.35. The average molecular weight is 361 g/mol. The number of hydrogen-bond donors (Lipinski definition) is 2. The van der Waals surface area contributed by atoms with Gasteiger partial charge in [-0.25, -0.2) is 4.99 Å². The minimum absolute atomic E-state index is 0.0103. The summed E-state index contributed by atoms with van der Waals surface area (Å²) in [7, 11) is 0. The Morgan fingerprint density at radius 1 is 1.37 bits per heavy atom. The number of nitrogens with zero attached hydrogens (tertiary/aromatic N) is 3. The zero-order valence-corrected chi connectivity index (χ0v) is 15.6. The molecule has 1 fully saturated rings. The number of nitrogens with one attached hydrogen (secondary N) is 1. The highest BCUT2D eigenvalue weighted by atomic mass is 16.2. The summed E-state index contributed by atoms with van der Waals surface area (Å²) >= 11 is 0. The van der Waals surface area contributed by atoms with Gasteiger partial charge in [0.25, 0.3) is 0 Å². The van der Waals surface area contributed by atoms with E-state index in [4.69, 9.17) is 5.73 Å². The van der Waals surface area contributed by atoms with Crippen LogP contribution in [0.4, 0.5) is 0 Å². The van der Waals surface area contributed by atoms with Crippen molar-refractivity contribution in [3.05, 3.63) is 60.0 Å². The third kappa shape index (κ3) is 3.12. The first-order valence-corrected chi connectivity index (χ1v) is 9.08. The van der Waals surface area contributed by atoms with E-state index in [-0.39, 0.29) is 11.8 Å². The number of aliphatic imine (C=N–C) groups is 2. The highest BCUT2D eigenvalue weighted by Gasteiger charge is 2.44. The van der Waals surface area contributed by atoms with E-state index in [1.165, 1.54) is 0 Å². The quantitative estimate of drug-likeness (QED) is 0.810. The zero-order valence-electron chi connectivity index (χ0n) is 15.6. The maximum absolute atomic E-state index is 12.4. The number of fused-ring (bicyclic) bond motifs is 1. The lowest BCUT2D eigenvalue weighted by Crippen LogP contribution is -2.44. The van der Waals surface area contributed by atoms with Crippen molar-refractivity contribution in [3.8, 4) is 0 Å². The first kappa shape index (κ1) is 17.4. The lowest BCUT2D eigenvalue weighted by atomic mass is 9.77. The summed E-state index contributed by atoms with van der Waals surface area (Å²) in [4.78, 5) is 25.7. The molecular formula is C21H23N5O. The van der Waals surface area contributed by atoms with E-state index in [0.717, 1.165) is 28.8 Å². The number of pyridine rings is 1. The molecule has 0 saturated heterocycles. The third-order valence-electron chi connectivity index (χ3n) is 5.56. The maximum Gasteiger partial charge on any atom is 0.229 e. The molecule has 0 radical (unpaired) electrons. The Hall–Kier alpha value is -3.02. The summed E-state index contributed by atoms with van der Waals surface area (Å²) in [6.07, 6.45) is 8.25. The lowest BCUT2D eigenvalue weighted by molar-refractivity contribution is -0.121. The minimum Gasteiger partial charge on any atom is -0.386 e. The van der Waals surface area contributed by atoms with Gasteiger partial charge in [-0.15, -0.1) is 0 Å². The third-order valence-corrected chi connectivity index (χ3v) is 5.56. The summed E-state index contributed by atoms with van der Waals surface area (Å²) in [5.74, 6) is 1.42. The Morgan fingerprint density at radius 3 is 2.85 bits per heavy atom. The number of aromatic nitrogens is 1. The van der Waals surface area contributed by atoms with Gasteiger partial charge in [-0.3, -0.25) is 14.8 Å². The van der Waals surface area contributed by atoms with Crippen LogP contribution in [0.3, 0.4) is 0 Å². The van der Waals surface area contributed by atoms with E-state index in [2.05, 4.69) is 26.9 Å². The van der Waals surface area contributed by atoms with Crippen LogP contribution in [0.25, 0.3) is 5.70 Å². The topological polar surface area (TPSA) is 92.7 Å². The van der Waals surface area contributed by atoms with Gasteiger partial charge in [-0.2, -0.15) is 0 Å². The maximum atomic E-state index is 12.4. The summed E-state index contributed by atoms with van der Waals surface area (Å²) in [5.41, 5.74) is 9.55. The summed E-state index contributed by atoms with van der Waals surface area (Å²) in [5, 5.41) is 2.96. The fourth-order valence-corrected chi connectivity index (χ4v) is 3.54. The molecule has 1 saturated carbocycles. The number of amides is 1. The Kier molecular flexibility index (Phi) is 4.06. The van der Waals surface area contributed by atoms with Crippen LogP contribution < -0.4 is 11.1 Å². The molecule has 4 rings (SSSR count). The van der Waals surface area contributed by atoms with Crippen LogP contribution in [0, 0.1) is 17.3 Å². The van der Waals surface area contributed by atoms with Crippen molar-refractivity contribution in [1.29, 1.82) is 0 Å². The number of rotatable bonds is 3. The van der Waals surface area contributed by atoms with Gasteiger partial charge in [0.2, 0.25) is 5.91 Å². The highest BCUT2D eigenvalue weighted by Crippen LogP contribution is 2.43. The van der Waals surface area contributed by atoms with Crippen LogP contribution in [0.2, 0.25) is 0 Å². The molecule has 6 heteroatoms. The highest BCUT2D eigenvalue weighted by molar-refractivity contribution is 6.09. The number of hydrogen-bond acceptors (Lipinski definition) is 5. The fourth-order valence-electron chi connectivity index (χ4n) is 3.54. The normalized spacial score (nSPS) is 28.8. The Morgan fingerprint density at radius 2 is 2.19 bits per heavy atom. The predicted octanol–water partition coefficient (Wildman–Crippen LogP) is 2.47. The second kappa shape index (κ2) is 6.30. The number of amidine groups is 2. The molecule has 0 spiro atoms.